The third-order valence-corrected chi connectivity index (χ3v) is 4.30. The lowest BCUT2D eigenvalue weighted by molar-refractivity contribution is -0.148. The second-order valence-corrected chi connectivity index (χ2v) is 5.74. The minimum absolute atomic E-state index is 0.128. The third-order valence-electron chi connectivity index (χ3n) is 3.47. The number of carbonyl (C=O) groups is 2. The number of nitriles is 1. The second-order valence-electron chi connectivity index (χ2n) is 4.83. The van der Waals surface area contributed by atoms with Gasteiger partial charge < -0.3 is 10.1 Å². The highest BCUT2D eigenvalue weighted by Crippen LogP contribution is 2.23. The first-order valence-electron chi connectivity index (χ1n) is 6.75. The number of rotatable bonds is 4. The molecule has 1 aromatic heterocycles. The summed E-state index contributed by atoms with van der Waals surface area (Å²) in [6, 6.07) is 3.34. The molecule has 0 aromatic carbocycles. The minimum Gasteiger partial charge on any atom is -0.468 e. The number of likely N-dealkylation sites (tertiary alicyclic amines) is 1. The number of methoxy groups -OCH3 is 1. The van der Waals surface area contributed by atoms with E-state index in [-0.39, 0.29) is 24.5 Å². The number of hydrogen-bond acceptors (Lipinski definition) is 6. The van der Waals surface area contributed by atoms with Gasteiger partial charge in [0.15, 0.2) is 0 Å². The Morgan fingerprint density at radius 3 is 3.10 bits per heavy atom. The van der Waals surface area contributed by atoms with Gasteiger partial charge in [0.2, 0.25) is 5.91 Å². The molecule has 2 rings (SSSR count). The van der Waals surface area contributed by atoms with Gasteiger partial charge in [0.1, 0.15) is 17.1 Å². The molecule has 1 amide bonds. The highest BCUT2D eigenvalue weighted by molar-refractivity contribution is 7.14. The van der Waals surface area contributed by atoms with Gasteiger partial charge in [-0.2, -0.15) is 5.26 Å². The van der Waals surface area contributed by atoms with Crippen molar-refractivity contribution in [3.63, 3.8) is 0 Å². The van der Waals surface area contributed by atoms with Gasteiger partial charge in [-0.05, 0) is 30.8 Å². The predicted molar refractivity (Wildman–Crippen MR) is 78.9 cm³/mol. The van der Waals surface area contributed by atoms with E-state index < -0.39 is 0 Å². The number of amides is 1. The van der Waals surface area contributed by atoms with Gasteiger partial charge in [0, 0.05) is 0 Å². The van der Waals surface area contributed by atoms with E-state index in [2.05, 4.69) is 5.32 Å². The normalized spacial score (nSPS) is 18.8. The maximum atomic E-state index is 12.1. The number of carbonyl (C=O) groups excluding carboxylic acids is 2. The van der Waals surface area contributed by atoms with Crippen LogP contribution in [0.2, 0.25) is 0 Å². The lowest BCUT2D eigenvalue weighted by Gasteiger charge is -2.32. The molecule has 2 heterocycles. The molecule has 112 valence electrons. The van der Waals surface area contributed by atoms with Gasteiger partial charge in [-0.25, -0.2) is 0 Å². The highest BCUT2D eigenvalue weighted by atomic mass is 32.1. The van der Waals surface area contributed by atoms with E-state index in [1.54, 1.807) is 11.4 Å². The molecule has 1 N–H and O–H groups in total. The van der Waals surface area contributed by atoms with E-state index in [9.17, 15) is 9.59 Å². The summed E-state index contributed by atoms with van der Waals surface area (Å²) in [5, 5.41) is 14.0. The van der Waals surface area contributed by atoms with Crippen molar-refractivity contribution in [3.8, 4) is 6.07 Å². The number of hydrogen-bond donors (Lipinski definition) is 1. The molecule has 1 atom stereocenters. The summed E-state index contributed by atoms with van der Waals surface area (Å²) in [6.45, 7) is 0.825. The van der Waals surface area contributed by atoms with Crippen LogP contribution in [0.25, 0.3) is 0 Å². The van der Waals surface area contributed by atoms with Crippen LogP contribution >= 0.6 is 11.3 Å². The number of thiophene rings is 1. The first-order valence-corrected chi connectivity index (χ1v) is 7.63. The fourth-order valence-electron chi connectivity index (χ4n) is 2.43. The van der Waals surface area contributed by atoms with Crippen LogP contribution in [0.3, 0.4) is 0 Å². The van der Waals surface area contributed by atoms with E-state index in [0.29, 0.717) is 23.5 Å². The van der Waals surface area contributed by atoms with Crippen LogP contribution in [0, 0.1) is 11.3 Å². The molecule has 0 aliphatic carbocycles. The summed E-state index contributed by atoms with van der Waals surface area (Å²) < 4.78 is 4.79. The summed E-state index contributed by atoms with van der Waals surface area (Å²) in [6.07, 6.45) is 2.63. The van der Waals surface area contributed by atoms with Crippen LogP contribution in [0.1, 0.15) is 24.8 Å². The van der Waals surface area contributed by atoms with Crippen molar-refractivity contribution in [2.75, 3.05) is 25.5 Å². The average molecular weight is 307 g/mol. The SMILES string of the molecule is COC(=O)C1CCCCN1CC(=O)Nc1sccc1C#N. The highest BCUT2D eigenvalue weighted by Gasteiger charge is 2.30. The Morgan fingerprint density at radius 1 is 1.57 bits per heavy atom. The summed E-state index contributed by atoms with van der Waals surface area (Å²) in [5.41, 5.74) is 0.455. The molecule has 1 fully saturated rings. The van der Waals surface area contributed by atoms with E-state index in [1.165, 1.54) is 18.4 Å². The topological polar surface area (TPSA) is 82.4 Å². The number of piperidine rings is 1. The van der Waals surface area contributed by atoms with E-state index in [0.717, 1.165) is 12.8 Å². The van der Waals surface area contributed by atoms with Crippen molar-refractivity contribution < 1.29 is 14.3 Å². The van der Waals surface area contributed by atoms with E-state index in [1.807, 2.05) is 11.0 Å². The summed E-state index contributed by atoms with van der Waals surface area (Å²) in [4.78, 5) is 25.7. The van der Waals surface area contributed by atoms with Gasteiger partial charge in [-0.15, -0.1) is 11.3 Å². The van der Waals surface area contributed by atoms with Gasteiger partial charge >= 0.3 is 5.97 Å². The van der Waals surface area contributed by atoms with Crippen molar-refractivity contribution in [2.45, 2.75) is 25.3 Å². The Labute approximate surface area is 127 Å². The van der Waals surface area contributed by atoms with Crippen LogP contribution in [0.5, 0.6) is 0 Å². The van der Waals surface area contributed by atoms with Gasteiger partial charge in [0.25, 0.3) is 0 Å². The van der Waals surface area contributed by atoms with Gasteiger partial charge in [-0.3, -0.25) is 14.5 Å². The third kappa shape index (κ3) is 3.80. The van der Waals surface area contributed by atoms with Crippen molar-refractivity contribution in [3.05, 3.63) is 17.0 Å². The van der Waals surface area contributed by atoms with Crippen LogP contribution in [0.15, 0.2) is 11.4 Å². The van der Waals surface area contributed by atoms with Crippen molar-refractivity contribution >= 4 is 28.2 Å². The zero-order valence-corrected chi connectivity index (χ0v) is 12.6. The molecule has 7 heteroatoms. The molecular formula is C14H17N3O3S. The molecule has 0 saturated carbocycles. The van der Waals surface area contributed by atoms with Crippen molar-refractivity contribution in [1.29, 1.82) is 5.26 Å². The molecule has 21 heavy (non-hydrogen) atoms. The number of nitrogens with zero attached hydrogens (tertiary/aromatic N) is 2. The van der Waals surface area contributed by atoms with Gasteiger partial charge in [0.05, 0.1) is 19.2 Å². The molecular weight excluding hydrogens is 290 g/mol. The first kappa shape index (κ1) is 15.5. The molecule has 0 bridgehead atoms. The Bertz CT molecular complexity index is 564. The smallest absolute Gasteiger partial charge is 0.323 e. The quantitative estimate of drug-likeness (QED) is 0.854. The standard InChI is InChI=1S/C14H17N3O3S/c1-20-14(19)11-4-2-3-6-17(11)9-12(18)16-13-10(8-15)5-7-21-13/h5,7,11H,2-4,6,9H2,1H3,(H,16,18). The number of esters is 1. The maximum Gasteiger partial charge on any atom is 0.323 e. The second kappa shape index (κ2) is 7.20. The monoisotopic (exact) mass is 307 g/mol. The molecule has 0 spiro atoms. The fraction of sp³-hybridized carbons (Fsp3) is 0.500. The van der Waals surface area contributed by atoms with Crippen LogP contribution in [-0.2, 0) is 14.3 Å². The Hall–Kier alpha value is -1.91. The first-order chi connectivity index (χ1) is 10.2. The van der Waals surface area contributed by atoms with Crippen molar-refractivity contribution in [2.24, 2.45) is 0 Å². The number of ether oxygens (including phenoxy) is 1. The Morgan fingerprint density at radius 2 is 2.38 bits per heavy atom. The lowest BCUT2D eigenvalue weighted by Crippen LogP contribution is -2.48. The van der Waals surface area contributed by atoms with Crippen molar-refractivity contribution in [1.82, 2.24) is 4.90 Å². The van der Waals surface area contributed by atoms with Gasteiger partial charge in [-0.1, -0.05) is 6.42 Å². The summed E-state index contributed by atoms with van der Waals surface area (Å²) in [7, 11) is 1.36. The molecule has 1 aliphatic rings. The maximum absolute atomic E-state index is 12.1. The molecule has 1 aromatic rings. The average Bonchev–Trinajstić information content (AvgIpc) is 2.94. The van der Waals surface area contributed by atoms with E-state index in [4.69, 9.17) is 10.00 Å². The van der Waals surface area contributed by atoms with Crippen LogP contribution in [-0.4, -0.2) is 43.0 Å². The fourth-order valence-corrected chi connectivity index (χ4v) is 3.18. The number of nitrogens with one attached hydrogen (secondary N) is 1. The van der Waals surface area contributed by atoms with Crippen LogP contribution < -0.4 is 5.32 Å². The molecule has 1 unspecified atom stereocenters. The molecule has 6 nitrogen and oxygen atoms in total. The summed E-state index contributed by atoms with van der Waals surface area (Å²) >= 11 is 1.31. The zero-order chi connectivity index (χ0) is 15.2. The van der Waals surface area contributed by atoms with E-state index >= 15 is 0 Å². The lowest BCUT2D eigenvalue weighted by atomic mass is 10.0. The Kier molecular flexibility index (Phi) is 5.31. The largest absolute Gasteiger partial charge is 0.468 e. The zero-order valence-electron chi connectivity index (χ0n) is 11.8. The predicted octanol–water partition coefficient (Wildman–Crippen LogP) is 1.59. The Balaban J connectivity index is 1.97. The number of anilines is 1. The van der Waals surface area contributed by atoms with Crippen LogP contribution in [0.4, 0.5) is 5.00 Å². The minimum atomic E-state index is -0.353. The summed E-state index contributed by atoms with van der Waals surface area (Å²) in [5.74, 6) is -0.513. The molecule has 1 saturated heterocycles. The molecule has 0 radical (unpaired) electrons. The molecule has 1 aliphatic heterocycles.